The van der Waals surface area contributed by atoms with Gasteiger partial charge in [-0.15, -0.1) is 0 Å². The third kappa shape index (κ3) is 2.93. The Kier molecular flexibility index (Phi) is 4.05. The van der Waals surface area contributed by atoms with Gasteiger partial charge in [-0.2, -0.15) is 17.0 Å². The highest BCUT2D eigenvalue weighted by Gasteiger charge is 2.16. The molecule has 1 N–H and O–H groups in total. The van der Waals surface area contributed by atoms with E-state index in [1.54, 1.807) is 12.1 Å². The zero-order chi connectivity index (χ0) is 13.0. The molecule has 0 saturated carbocycles. The van der Waals surface area contributed by atoms with Crippen LogP contribution in [0.1, 0.15) is 12.0 Å². The van der Waals surface area contributed by atoms with E-state index in [9.17, 15) is 10.1 Å². The highest BCUT2D eigenvalue weighted by Crippen LogP contribution is 2.25. The summed E-state index contributed by atoms with van der Waals surface area (Å²) in [6.07, 6.45) is 1.20. The molecule has 0 bridgehead atoms. The minimum absolute atomic E-state index is 0.103. The molecule has 0 amide bonds. The first-order valence-electron chi connectivity index (χ1n) is 5.71. The smallest absolute Gasteiger partial charge is 0.287 e. The van der Waals surface area contributed by atoms with E-state index in [0.29, 0.717) is 5.92 Å². The van der Waals surface area contributed by atoms with E-state index >= 15 is 0 Å². The monoisotopic (exact) mass is 263 g/mol. The maximum Gasteiger partial charge on any atom is 0.287 e. The van der Waals surface area contributed by atoms with Gasteiger partial charge in [0, 0.05) is 18.3 Å². The first-order valence-corrected chi connectivity index (χ1v) is 6.86. The molecule has 94 valence electrons. The molecule has 1 aliphatic heterocycles. The van der Waals surface area contributed by atoms with Crippen LogP contribution in [0.25, 0.3) is 0 Å². The van der Waals surface area contributed by atoms with Gasteiger partial charge in [-0.1, -0.05) is 0 Å². The van der Waals surface area contributed by atoms with Crippen LogP contribution < -0.4 is 5.32 Å². The van der Waals surface area contributed by atoms with Crippen LogP contribution in [0.5, 0.6) is 0 Å². The Morgan fingerprint density at radius 3 is 3.06 bits per heavy atom. The molecule has 0 aliphatic carbocycles. The summed E-state index contributed by atoms with van der Waals surface area (Å²) in [7, 11) is 0. The van der Waals surface area contributed by atoms with E-state index in [-0.39, 0.29) is 11.3 Å². The number of anilines is 1. The van der Waals surface area contributed by atoms with Gasteiger partial charge in [-0.25, -0.2) is 0 Å². The van der Waals surface area contributed by atoms with Crippen LogP contribution in [0.15, 0.2) is 18.2 Å². The average molecular weight is 263 g/mol. The number of benzene rings is 1. The van der Waals surface area contributed by atoms with E-state index in [1.807, 2.05) is 17.8 Å². The van der Waals surface area contributed by atoms with Crippen LogP contribution >= 0.6 is 11.8 Å². The number of rotatable bonds is 4. The number of hydrogen-bond acceptors (Lipinski definition) is 5. The Hall–Kier alpha value is -1.74. The average Bonchev–Trinajstić information content (AvgIpc) is 2.88. The highest BCUT2D eigenvalue weighted by atomic mass is 32.2. The molecule has 1 unspecified atom stereocenters. The first-order chi connectivity index (χ1) is 8.70. The third-order valence-corrected chi connectivity index (χ3v) is 4.16. The Morgan fingerprint density at radius 1 is 1.61 bits per heavy atom. The number of nitrogens with zero attached hydrogens (tertiary/aromatic N) is 2. The van der Waals surface area contributed by atoms with Crippen LogP contribution in [-0.2, 0) is 0 Å². The van der Waals surface area contributed by atoms with Crippen molar-refractivity contribution in [3.05, 3.63) is 33.9 Å². The summed E-state index contributed by atoms with van der Waals surface area (Å²) in [5, 5.41) is 22.8. The Labute approximate surface area is 109 Å². The van der Waals surface area contributed by atoms with Gasteiger partial charge in [0.2, 0.25) is 0 Å². The molecule has 6 heteroatoms. The van der Waals surface area contributed by atoms with Crippen molar-refractivity contribution in [3.63, 3.8) is 0 Å². The molecular formula is C12H13N3O2S. The van der Waals surface area contributed by atoms with Crippen LogP contribution in [0.4, 0.5) is 11.4 Å². The van der Waals surface area contributed by atoms with E-state index in [4.69, 9.17) is 5.26 Å². The van der Waals surface area contributed by atoms with Crippen LogP contribution in [0.2, 0.25) is 0 Å². The van der Waals surface area contributed by atoms with E-state index in [2.05, 4.69) is 5.32 Å². The van der Waals surface area contributed by atoms with Gasteiger partial charge in [0.15, 0.2) is 0 Å². The fourth-order valence-electron chi connectivity index (χ4n) is 1.90. The zero-order valence-corrected chi connectivity index (χ0v) is 10.6. The maximum atomic E-state index is 10.7. The van der Waals surface area contributed by atoms with Gasteiger partial charge >= 0.3 is 0 Å². The van der Waals surface area contributed by atoms with Crippen molar-refractivity contribution < 1.29 is 4.92 Å². The number of nitro groups is 1. The fourth-order valence-corrected chi connectivity index (χ4v) is 3.19. The first kappa shape index (κ1) is 12.7. The maximum absolute atomic E-state index is 10.7. The van der Waals surface area contributed by atoms with Crippen molar-refractivity contribution in [3.8, 4) is 6.07 Å². The van der Waals surface area contributed by atoms with Crippen molar-refractivity contribution in [1.82, 2.24) is 0 Å². The third-order valence-electron chi connectivity index (χ3n) is 2.93. The minimum Gasteiger partial charge on any atom is -0.385 e. The summed E-state index contributed by atoms with van der Waals surface area (Å²) in [6, 6.07) is 6.43. The highest BCUT2D eigenvalue weighted by molar-refractivity contribution is 7.99. The molecule has 2 rings (SSSR count). The van der Waals surface area contributed by atoms with Gasteiger partial charge < -0.3 is 5.32 Å². The van der Waals surface area contributed by atoms with E-state index < -0.39 is 4.92 Å². The van der Waals surface area contributed by atoms with Crippen molar-refractivity contribution in [2.45, 2.75) is 6.42 Å². The number of nitro benzene ring substituents is 1. The predicted octanol–water partition coefficient (Wildman–Crippen LogP) is 2.63. The Bertz CT molecular complexity index is 493. The molecule has 1 atom stereocenters. The molecule has 0 aromatic heterocycles. The molecule has 0 spiro atoms. The summed E-state index contributed by atoms with van der Waals surface area (Å²) in [5.41, 5.74) is 0.735. The van der Waals surface area contributed by atoms with Crippen LogP contribution in [0, 0.1) is 27.4 Å². The number of nitriles is 1. The standard InChI is InChI=1S/C12H13N3O2S/c13-6-10-5-11(1-2-12(10)15(16)17)14-7-9-3-4-18-8-9/h1-2,5,9,14H,3-4,7-8H2. The molecule has 1 saturated heterocycles. The van der Waals surface area contributed by atoms with Crippen LogP contribution in [-0.4, -0.2) is 23.0 Å². The molecule has 1 heterocycles. The summed E-state index contributed by atoms with van der Waals surface area (Å²) in [4.78, 5) is 10.2. The fraction of sp³-hybridized carbons (Fsp3) is 0.417. The molecule has 1 aromatic rings. The topological polar surface area (TPSA) is 79.0 Å². The lowest BCUT2D eigenvalue weighted by atomic mass is 10.1. The normalized spacial score (nSPS) is 18.3. The Balaban J connectivity index is 2.05. The molecular weight excluding hydrogens is 250 g/mol. The van der Waals surface area contributed by atoms with Crippen molar-refractivity contribution >= 4 is 23.1 Å². The van der Waals surface area contributed by atoms with Gasteiger partial charge in [-0.05, 0) is 36.0 Å². The second kappa shape index (κ2) is 5.74. The van der Waals surface area contributed by atoms with Crippen molar-refractivity contribution in [2.75, 3.05) is 23.4 Å². The summed E-state index contributed by atoms with van der Waals surface area (Å²) < 4.78 is 0. The van der Waals surface area contributed by atoms with Gasteiger partial charge in [0.25, 0.3) is 5.69 Å². The molecule has 18 heavy (non-hydrogen) atoms. The molecule has 0 radical (unpaired) electrons. The van der Waals surface area contributed by atoms with Gasteiger partial charge in [-0.3, -0.25) is 10.1 Å². The number of hydrogen-bond donors (Lipinski definition) is 1. The van der Waals surface area contributed by atoms with E-state index in [1.165, 1.54) is 18.2 Å². The number of nitrogens with one attached hydrogen (secondary N) is 1. The quantitative estimate of drug-likeness (QED) is 0.667. The lowest BCUT2D eigenvalue weighted by Gasteiger charge is -2.11. The lowest BCUT2D eigenvalue weighted by Crippen LogP contribution is -2.13. The Morgan fingerprint density at radius 2 is 2.44 bits per heavy atom. The zero-order valence-electron chi connectivity index (χ0n) is 9.76. The minimum atomic E-state index is -0.532. The summed E-state index contributed by atoms with van der Waals surface area (Å²) in [6.45, 7) is 0.857. The number of thioether (sulfide) groups is 1. The second-order valence-electron chi connectivity index (χ2n) is 4.21. The lowest BCUT2D eigenvalue weighted by molar-refractivity contribution is -0.385. The molecule has 1 aliphatic rings. The van der Waals surface area contributed by atoms with Gasteiger partial charge in [0.05, 0.1) is 4.92 Å². The molecule has 1 aromatic carbocycles. The van der Waals surface area contributed by atoms with E-state index in [0.717, 1.165) is 18.0 Å². The summed E-state index contributed by atoms with van der Waals surface area (Å²) in [5.74, 6) is 3.01. The largest absolute Gasteiger partial charge is 0.385 e. The summed E-state index contributed by atoms with van der Waals surface area (Å²) >= 11 is 1.95. The second-order valence-corrected chi connectivity index (χ2v) is 5.36. The molecule has 5 nitrogen and oxygen atoms in total. The SMILES string of the molecule is N#Cc1cc(NCC2CCSC2)ccc1[N+](=O)[O-]. The van der Waals surface area contributed by atoms with Crippen molar-refractivity contribution in [1.29, 1.82) is 5.26 Å². The van der Waals surface area contributed by atoms with Gasteiger partial charge in [0.1, 0.15) is 11.6 Å². The van der Waals surface area contributed by atoms with Crippen molar-refractivity contribution in [2.24, 2.45) is 5.92 Å². The predicted molar refractivity (Wildman–Crippen MR) is 71.7 cm³/mol. The van der Waals surface area contributed by atoms with Crippen LogP contribution in [0.3, 0.4) is 0 Å². The molecule has 1 fully saturated rings.